The van der Waals surface area contributed by atoms with Crippen LogP contribution in [0.4, 0.5) is 0 Å². The molecule has 0 spiro atoms. The molecule has 3 aromatic rings. The van der Waals surface area contributed by atoms with Crippen molar-refractivity contribution in [2.45, 2.75) is 25.2 Å². The third-order valence-electron chi connectivity index (χ3n) is 4.23. The quantitative estimate of drug-likeness (QED) is 0.465. The first-order chi connectivity index (χ1) is 13.0. The Balaban J connectivity index is 1.72. The molecule has 0 saturated heterocycles. The van der Waals surface area contributed by atoms with Crippen molar-refractivity contribution in [1.82, 2.24) is 14.5 Å². The van der Waals surface area contributed by atoms with Gasteiger partial charge in [0.25, 0.3) is 5.56 Å². The standard InChI is InChI=1S/C20H20ClN3O2S/c1-3-24-19(26)16-6-4-5-7-17(16)22-20(24)27-13-18(25)23(2)12-14-8-10-15(21)11-9-14/h4-11H,3,12-13H2,1-2H3. The highest BCUT2D eigenvalue weighted by molar-refractivity contribution is 7.99. The highest BCUT2D eigenvalue weighted by atomic mass is 35.5. The highest BCUT2D eigenvalue weighted by Gasteiger charge is 2.14. The fourth-order valence-corrected chi connectivity index (χ4v) is 3.85. The summed E-state index contributed by atoms with van der Waals surface area (Å²) in [5.41, 5.74) is 1.58. The number of para-hydroxylation sites is 1. The summed E-state index contributed by atoms with van der Waals surface area (Å²) in [6, 6.07) is 14.7. The van der Waals surface area contributed by atoms with Crippen LogP contribution in [0.25, 0.3) is 10.9 Å². The fraction of sp³-hybridized carbons (Fsp3) is 0.250. The number of carbonyl (C=O) groups excluding carboxylic acids is 1. The molecule has 5 nitrogen and oxygen atoms in total. The van der Waals surface area contributed by atoms with Gasteiger partial charge in [0, 0.05) is 25.2 Å². The molecule has 0 unspecified atom stereocenters. The van der Waals surface area contributed by atoms with Crippen LogP contribution in [0.5, 0.6) is 0 Å². The first-order valence-electron chi connectivity index (χ1n) is 8.60. The number of nitrogens with zero attached hydrogens (tertiary/aromatic N) is 3. The Labute approximate surface area is 167 Å². The number of aromatic nitrogens is 2. The van der Waals surface area contributed by atoms with Crippen molar-refractivity contribution in [3.63, 3.8) is 0 Å². The van der Waals surface area contributed by atoms with Gasteiger partial charge in [0.1, 0.15) is 0 Å². The summed E-state index contributed by atoms with van der Waals surface area (Å²) in [6.07, 6.45) is 0. The molecule has 0 saturated carbocycles. The third kappa shape index (κ3) is 4.51. The number of carbonyl (C=O) groups is 1. The monoisotopic (exact) mass is 401 g/mol. The van der Waals surface area contributed by atoms with Crippen molar-refractivity contribution < 1.29 is 4.79 Å². The van der Waals surface area contributed by atoms with Crippen LogP contribution in [0.3, 0.4) is 0 Å². The zero-order valence-electron chi connectivity index (χ0n) is 15.2. The molecule has 0 bridgehead atoms. The van der Waals surface area contributed by atoms with Gasteiger partial charge < -0.3 is 4.90 Å². The van der Waals surface area contributed by atoms with Crippen molar-refractivity contribution in [1.29, 1.82) is 0 Å². The zero-order chi connectivity index (χ0) is 19.4. The molecule has 3 rings (SSSR count). The molecule has 0 fully saturated rings. The predicted octanol–water partition coefficient (Wildman–Crippen LogP) is 3.82. The van der Waals surface area contributed by atoms with E-state index >= 15 is 0 Å². The van der Waals surface area contributed by atoms with Crippen LogP contribution in [-0.2, 0) is 17.9 Å². The van der Waals surface area contributed by atoms with E-state index in [1.54, 1.807) is 22.6 Å². The molecule has 2 aromatic carbocycles. The maximum absolute atomic E-state index is 12.6. The summed E-state index contributed by atoms with van der Waals surface area (Å²) in [5.74, 6) is 0.189. The summed E-state index contributed by atoms with van der Waals surface area (Å²) < 4.78 is 1.61. The molecule has 1 amide bonds. The molecule has 0 aliphatic carbocycles. The van der Waals surface area contributed by atoms with Crippen LogP contribution >= 0.6 is 23.4 Å². The van der Waals surface area contributed by atoms with Gasteiger partial charge in [-0.1, -0.05) is 47.6 Å². The molecule has 7 heteroatoms. The number of rotatable bonds is 6. The molecule has 1 heterocycles. The van der Waals surface area contributed by atoms with Gasteiger partial charge in [-0.25, -0.2) is 4.98 Å². The second kappa shape index (κ2) is 8.59. The Hall–Kier alpha value is -2.31. The Morgan fingerprint density at radius 1 is 1.19 bits per heavy atom. The Bertz CT molecular complexity index is 1020. The Morgan fingerprint density at radius 3 is 2.59 bits per heavy atom. The first-order valence-corrected chi connectivity index (χ1v) is 9.96. The van der Waals surface area contributed by atoms with Gasteiger partial charge >= 0.3 is 0 Å². The van der Waals surface area contributed by atoms with Gasteiger partial charge in [-0.15, -0.1) is 0 Å². The SMILES string of the molecule is CCn1c(SCC(=O)N(C)Cc2ccc(Cl)cc2)nc2ccccc2c1=O. The van der Waals surface area contributed by atoms with Crippen LogP contribution in [0.15, 0.2) is 58.5 Å². The van der Waals surface area contributed by atoms with Crippen LogP contribution in [0.2, 0.25) is 5.02 Å². The van der Waals surface area contributed by atoms with Crippen molar-refractivity contribution in [3.05, 3.63) is 69.5 Å². The lowest BCUT2D eigenvalue weighted by Gasteiger charge is -2.18. The maximum Gasteiger partial charge on any atom is 0.262 e. The van der Waals surface area contributed by atoms with E-state index in [0.29, 0.717) is 34.2 Å². The van der Waals surface area contributed by atoms with Crippen molar-refractivity contribution >= 4 is 40.2 Å². The van der Waals surface area contributed by atoms with Gasteiger partial charge in [-0.2, -0.15) is 0 Å². The molecule has 0 atom stereocenters. The summed E-state index contributed by atoms with van der Waals surface area (Å²) in [7, 11) is 1.76. The van der Waals surface area contributed by atoms with E-state index in [-0.39, 0.29) is 17.2 Å². The molecule has 1 aromatic heterocycles. The van der Waals surface area contributed by atoms with Crippen molar-refractivity contribution in [3.8, 4) is 0 Å². The fourth-order valence-electron chi connectivity index (χ4n) is 2.73. The molecule has 0 aliphatic rings. The second-order valence-corrected chi connectivity index (χ2v) is 7.50. The second-order valence-electron chi connectivity index (χ2n) is 6.13. The number of hydrogen-bond acceptors (Lipinski definition) is 4. The highest BCUT2D eigenvalue weighted by Crippen LogP contribution is 2.19. The summed E-state index contributed by atoms with van der Waals surface area (Å²) in [4.78, 5) is 31.4. The molecule has 0 radical (unpaired) electrons. The van der Waals surface area contributed by atoms with Crippen molar-refractivity contribution in [2.24, 2.45) is 0 Å². The van der Waals surface area contributed by atoms with E-state index in [4.69, 9.17) is 11.6 Å². The Kier molecular flexibility index (Phi) is 6.19. The molecule has 0 aliphatic heterocycles. The average molecular weight is 402 g/mol. The molecular formula is C20H20ClN3O2S. The first kappa shape index (κ1) is 19.5. The smallest absolute Gasteiger partial charge is 0.262 e. The lowest BCUT2D eigenvalue weighted by Crippen LogP contribution is -2.28. The number of benzene rings is 2. The van der Waals surface area contributed by atoms with E-state index in [1.165, 1.54) is 11.8 Å². The number of amides is 1. The van der Waals surface area contributed by atoms with Crippen molar-refractivity contribution in [2.75, 3.05) is 12.8 Å². The Morgan fingerprint density at radius 2 is 1.89 bits per heavy atom. The summed E-state index contributed by atoms with van der Waals surface area (Å²) in [6.45, 7) is 2.91. The normalized spacial score (nSPS) is 10.9. The lowest BCUT2D eigenvalue weighted by atomic mass is 10.2. The van der Waals surface area contributed by atoms with Gasteiger partial charge in [0.2, 0.25) is 5.91 Å². The van der Waals surface area contributed by atoms with Crippen LogP contribution in [-0.4, -0.2) is 33.2 Å². The van der Waals surface area contributed by atoms with Crippen LogP contribution in [0, 0.1) is 0 Å². The molecule has 0 N–H and O–H groups in total. The largest absolute Gasteiger partial charge is 0.341 e. The molecular weight excluding hydrogens is 382 g/mol. The van der Waals surface area contributed by atoms with E-state index in [1.807, 2.05) is 49.4 Å². The molecule has 27 heavy (non-hydrogen) atoms. The minimum absolute atomic E-state index is 0.0278. The minimum atomic E-state index is -0.0763. The maximum atomic E-state index is 12.6. The number of thioether (sulfide) groups is 1. The van der Waals surface area contributed by atoms with Crippen LogP contribution < -0.4 is 5.56 Å². The average Bonchev–Trinajstić information content (AvgIpc) is 2.68. The number of fused-ring (bicyclic) bond motifs is 1. The third-order valence-corrected chi connectivity index (χ3v) is 5.44. The van der Waals surface area contributed by atoms with E-state index < -0.39 is 0 Å². The topological polar surface area (TPSA) is 55.2 Å². The van der Waals surface area contributed by atoms with Gasteiger partial charge in [-0.05, 0) is 36.8 Å². The van der Waals surface area contributed by atoms with E-state index in [2.05, 4.69) is 4.98 Å². The number of halogens is 1. The predicted molar refractivity (Wildman–Crippen MR) is 110 cm³/mol. The molecule has 140 valence electrons. The van der Waals surface area contributed by atoms with E-state index in [0.717, 1.165) is 5.56 Å². The summed E-state index contributed by atoms with van der Waals surface area (Å²) >= 11 is 7.18. The number of hydrogen-bond donors (Lipinski definition) is 0. The zero-order valence-corrected chi connectivity index (χ0v) is 16.8. The minimum Gasteiger partial charge on any atom is -0.341 e. The van der Waals surface area contributed by atoms with E-state index in [9.17, 15) is 9.59 Å². The summed E-state index contributed by atoms with van der Waals surface area (Å²) in [5, 5.41) is 1.83. The van der Waals surface area contributed by atoms with Gasteiger partial charge in [0.05, 0.1) is 16.7 Å². The van der Waals surface area contributed by atoms with Gasteiger partial charge in [0.15, 0.2) is 5.16 Å². The van der Waals surface area contributed by atoms with Crippen LogP contribution in [0.1, 0.15) is 12.5 Å². The lowest BCUT2D eigenvalue weighted by molar-refractivity contribution is -0.127. The van der Waals surface area contributed by atoms with Gasteiger partial charge in [-0.3, -0.25) is 14.2 Å².